The minimum atomic E-state index is 0.904. The van der Waals surface area contributed by atoms with Gasteiger partial charge in [-0.2, -0.15) is 0 Å². The Balaban J connectivity index is 1.75. The van der Waals surface area contributed by atoms with E-state index in [0.717, 1.165) is 11.6 Å². The van der Waals surface area contributed by atoms with Crippen LogP contribution in [0.1, 0.15) is 44.1 Å². The first-order valence-corrected chi connectivity index (χ1v) is 7.73. The number of aryl methyl sites for hydroxylation is 1. The number of rotatable bonds is 4. The first-order chi connectivity index (χ1) is 8.25. The highest BCUT2D eigenvalue weighted by Crippen LogP contribution is 2.29. The molecular formula is C15H23NS. The van der Waals surface area contributed by atoms with E-state index in [1.807, 2.05) is 17.8 Å². The molecule has 0 aromatic heterocycles. The van der Waals surface area contributed by atoms with Gasteiger partial charge in [0, 0.05) is 10.6 Å². The molecule has 0 radical (unpaired) electrons. The van der Waals surface area contributed by atoms with Gasteiger partial charge in [0.1, 0.15) is 0 Å². The molecule has 0 aliphatic heterocycles. The second kappa shape index (κ2) is 6.34. The van der Waals surface area contributed by atoms with Gasteiger partial charge in [-0.3, -0.25) is 0 Å². The van der Waals surface area contributed by atoms with Crippen molar-refractivity contribution in [3.8, 4) is 0 Å². The van der Waals surface area contributed by atoms with E-state index >= 15 is 0 Å². The van der Waals surface area contributed by atoms with Crippen molar-refractivity contribution < 1.29 is 0 Å². The van der Waals surface area contributed by atoms with Crippen LogP contribution in [0.3, 0.4) is 0 Å². The van der Waals surface area contributed by atoms with Crippen LogP contribution in [0.15, 0.2) is 23.1 Å². The van der Waals surface area contributed by atoms with Gasteiger partial charge >= 0.3 is 0 Å². The quantitative estimate of drug-likeness (QED) is 0.621. The van der Waals surface area contributed by atoms with Gasteiger partial charge in [0.25, 0.3) is 0 Å². The van der Waals surface area contributed by atoms with Crippen molar-refractivity contribution in [1.29, 1.82) is 0 Å². The van der Waals surface area contributed by atoms with E-state index in [2.05, 4.69) is 19.1 Å². The van der Waals surface area contributed by atoms with Crippen LogP contribution >= 0.6 is 11.8 Å². The summed E-state index contributed by atoms with van der Waals surface area (Å²) in [6.07, 6.45) is 8.67. The third kappa shape index (κ3) is 3.95. The minimum Gasteiger partial charge on any atom is -0.399 e. The molecule has 1 aromatic rings. The normalized spacial score (nSPS) is 17.2. The van der Waals surface area contributed by atoms with Crippen molar-refractivity contribution in [3.05, 3.63) is 23.8 Å². The molecule has 1 aliphatic rings. The lowest BCUT2D eigenvalue weighted by atomic mass is 9.88. The number of hydrogen-bond acceptors (Lipinski definition) is 2. The number of nitrogens with two attached hydrogens (primary N) is 1. The summed E-state index contributed by atoms with van der Waals surface area (Å²) in [7, 11) is 0. The maximum atomic E-state index is 5.83. The number of benzene rings is 1. The van der Waals surface area contributed by atoms with Crippen LogP contribution in [-0.4, -0.2) is 5.75 Å². The third-order valence-electron chi connectivity index (χ3n) is 3.76. The predicted octanol–water partition coefficient (Wildman–Crippen LogP) is 4.64. The van der Waals surface area contributed by atoms with Crippen molar-refractivity contribution in [1.82, 2.24) is 0 Å². The van der Waals surface area contributed by atoms with E-state index in [9.17, 15) is 0 Å². The zero-order valence-electron chi connectivity index (χ0n) is 10.7. The fourth-order valence-electron chi connectivity index (χ4n) is 2.56. The third-order valence-corrected chi connectivity index (χ3v) is 4.79. The standard InChI is InChI=1S/C15H23NS/c1-12-11-14(7-8-15(12)16)17-10-9-13-5-3-2-4-6-13/h7-8,11,13H,2-6,9-10,16H2,1H3. The molecule has 17 heavy (non-hydrogen) atoms. The van der Waals surface area contributed by atoms with Crippen molar-refractivity contribution in [2.45, 2.75) is 50.3 Å². The van der Waals surface area contributed by atoms with Gasteiger partial charge in [0.2, 0.25) is 0 Å². The average Bonchev–Trinajstić information content (AvgIpc) is 2.35. The molecular weight excluding hydrogens is 226 g/mol. The maximum absolute atomic E-state index is 5.83. The Labute approximate surface area is 109 Å². The summed E-state index contributed by atoms with van der Waals surface area (Å²) in [6, 6.07) is 6.38. The van der Waals surface area contributed by atoms with Gasteiger partial charge in [-0.25, -0.2) is 0 Å². The maximum Gasteiger partial charge on any atom is 0.0344 e. The molecule has 0 unspecified atom stereocenters. The first-order valence-electron chi connectivity index (χ1n) is 6.74. The Morgan fingerprint density at radius 1 is 1.24 bits per heavy atom. The number of thioether (sulfide) groups is 1. The Hall–Kier alpha value is -0.630. The Morgan fingerprint density at radius 2 is 2.00 bits per heavy atom. The molecule has 0 bridgehead atoms. The molecule has 0 heterocycles. The molecule has 2 N–H and O–H groups in total. The zero-order valence-corrected chi connectivity index (χ0v) is 11.6. The molecule has 0 spiro atoms. The molecule has 94 valence electrons. The molecule has 2 heteroatoms. The molecule has 1 aromatic carbocycles. The predicted molar refractivity (Wildman–Crippen MR) is 77.5 cm³/mol. The number of hydrogen-bond donors (Lipinski definition) is 1. The average molecular weight is 249 g/mol. The summed E-state index contributed by atoms with van der Waals surface area (Å²) >= 11 is 1.98. The first kappa shape index (κ1) is 12.8. The van der Waals surface area contributed by atoms with Gasteiger partial charge < -0.3 is 5.73 Å². The lowest BCUT2D eigenvalue weighted by Gasteiger charge is -2.21. The summed E-state index contributed by atoms with van der Waals surface area (Å²) in [6.45, 7) is 2.08. The van der Waals surface area contributed by atoms with Crippen LogP contribution in [0.25, 0.3) is 0 Å². The highest BCUT2D eigenvalue weighted by molar-refractivity contribution is 7.99. The Kier molecular flexibility index (Phi) is 4.78. The fourth-order valence-corrected chi connectivity index (χ4v) is 3.67. The lowest BCUT2D eigenvalue weighted by molar-refractivity contribution is 0.351. The van der Waals surface area contributed by atoms with Crippen LogP contribution < -0.4 is 5.73 Å². The molecule has 1 fully saturated rings. The second-order valence-electron chi connectivity index (χ2n) is 5.16. The number of anilines is 1. The highest BCUT2D eigenvalue weighted by Gasteiger charge is 2.12. The molecule has 0 saturated heterocycles. The van der Waals surface area contributed by atoms with Gasteiger partial charge in [0.05, 0.1) is 0 Å². The second-order valence-corrected chi connectivity index (χ2v) is 6.33. The summed E-state index contributed by atoms with van der Waals surface area (Å²) in [5.74, 6) is 2.25. The van der Waals surface area contributed by atoms with Crippen LogP contribution in [0.2, 0.25) is 0 Å². The monoisotopic (exact) mass is 249 g/mol. The van der Waals surface area contributed by atoms with Gasteiger partial charge in [-0.05, 0) is 48.8 Å². The van der Waals surface area contributed by atoms with E-state index in [1.54, 1.807) is 0 Å². The number of nitrogen functional groups attached to an aromatic ring is 1. The van der Waals surface area contributed by atoms with Crippen LogP contribution in [0.4, 0.5) is 5.69 Å². The SMILES string of the molecule is Cc1cc(SCCC2CCCCC2)ccc1N. The lowest BCUT2D eigenvalue weighted by Crippen LogP contribution is -2.06. The smallest absolute Gasteiger partial charge is 0.0344 e. The minimum absolute atomic E-state index is 0.904. The summed E-state index contributed by atoms with van der Waals surface area (Å²) in [5.41, 5.74) is 7.93. The Bertz CT molecular complexity index is 356. The van der Waals surface area contributed by atoms with E-state index in [1.165, 1.54) is 54.7 Å². The van der Waals surface area contributed by atoms with Gasteiger partial charge in [0.15, 0.2) is 0 Å². The zero-order chi connectivity index (χ0) is 12.1. The summed E-state index contributed by atoms with van der Waals surface area (Å²) < 4.78 is 0. The van der Waals surface area contributed by atoms with Gasteiger partial charge in [-0.15, -0.1) is 11.8 Å². The van der Waals surface area contributed by atoms with Crippen molar-refractivity contribution in [3.63, 3.8) is 0 Å². The molecule has 1 aliphatic carbocycles. The Morgan fingerprint density at radius 3 is 2.71 bits per heavy atom. The summed E-state index contributed by atoms with van der Waals surface area (Å²) in [4.78, 5) is 1.37. The van der Waals surface area contributed by atoms with Crippen LogP contribution in [-0.2, 0) is 0 Å². The molecule has 1 saturated carbocycles. The van der Waals surface area contributed by atoms with E-state index in [0.29, 0.717) is 0 Å². The molecule has 2 rings (SSSR count). The largest absolute Gasteiger partial charge is 0.399 e. The van der Waals surface area contributed by atoms with Gasteiger partial charge in [-0.1, -0.05) is 32.1 Å². The molecule has 0 amide bonds. The molecule has 0 atom stereocenters. The van der Waals surface area contributed by atoms with E-state index in [-0.39, 0.29) is 0 Å². The van der Waals surface area contributed by atoms with E-state index in [4.69, 9.17) is 5.73 Å². The van der Waals surface area contributed by atoms with Crippen molar-refractivity contribution in [2.75, 3.05) is 11.5 Å². The fraction of sp³-hybridized carbons (Fsp3) is 0.600. The van der Waals surface area contributed by atoms with Crippen LogP contribution in [0, 0.1) is 12.8 Å². The van der Waals surface area contributed by atoms with Crippen molar-refractivity contribution >= 4 is 17.4 Å². The molecule has 1 nitrogen and oxygen atoms in total. The van der Waals surface area contributed by atoms with E-state index < -0.39 is 0 Å². The van der Waals surface area contributed by atoms with Crippen molar-refractivity contribution in [2.24, 2.45) is 5.92 Å². The summed E-state index contributed by atoms with van der Waals surface area (Å²) in [5, 5.41) is 0. The topological polar surface area (TPSA) is 26.0 Å². The van der Waals surface area contributed by atoms with Crippen LogP contribution in [0.5, 0.6) is 0 Å². The highest BCUT2D eigenvalue weighted by atomic mass is 32.2.